The van der Waals surface area contributed by atoms with E-state index in [-0.39, 0.29) is 5.56 Å². The first-order chi connectivity index (χ1) is 6.24. The molecule has 3 heteroatoms. The summed E-state index contributed by atoms with van der Waals surface area (Å²) in [6, 6.07) is 4.43. The number of rotatable bonds is 2. The topological polar surface area (TPSA) is 33.0 Å². The molecule has 0 heterocycles. The minimum absolute atomic E-state index is 0.0330. The van der Waals surface area contributed by atoms with E-state index in [9.17, 15) is 4.39 Å². The molecular weight excluding hydrogens is 169 g/mol. The summed E-state index contributed by atoms with van der Waals surface area (Å²) in [4.78, 5) is 0. The van der Waals surface area contributed by atoms with E-state index in [1.54, 1.807) is 6.07 Å². The van der Waals surface area contributed by atoms with Gasteiger partial charge in [-0.3, -0.25) is 0 Å². The Hall–Kier alpha value is -1.82. The molecule has 0 spiro atoms. The van der Waals surface area contributed by atoms with E-state index in [0.29, 0.717) is 11.3 Å². The molecule has 0 amide bonds. The highest BCUT2D eigenvalue weighted by atomic mass is 19.1. The molecule has 1 aromatic rings. The van der Waals surface area contributed by atoms with Gasteiger partial charge in [0.2, 0.25) is 0 Å². The third-order valence-corrected chi connectivity index (χ3v) is 1.69. The van der Waals surface area contributed by atoms with Crippen molar-refractivity contribution in [3.05, 3.63) is 35.7 Å². The second kappa shape index (κ2) is 3.72. The molecule has 0 N–H and O–H groups in total. The van der Waals surface area contributed by atoms with Gasteiger partial charge in [0.1, 0.15) is 17.6 Å². The van der Waals surface area contributed by atoms with E-state index in [2.05, 4.69) is 6.58 Å². The monoisotopic (exact) mass is 177 g/mol. The van der Waals surface area contributed by atoms with E-state index in [1.165, 1.54) is 25.3 Å². The molecule has 2 nitrogen and oxygen atoms in total. The van der Waals surface area contributed by atoms with Crippen LogP contribution in [0.1, 0.15) is 11.1 Å². The van der Waals surface area contributed by atoms with Crippen molar-refractivity contribution < 1.29 is 9.13 Å². The maximum Gasteiger partial charge on any atom is 0.141 e. The highest BCUT2D eigenvalue weighted by Gasteiger charge is 2.10. The Morgan fingerprint density at radius 3 is 2.77 bits per heavy atom. The number of nitrogens with zero attached hydrogens (tertiary/aromatic N) is 1. The number of nitriles is 1. The normalized spacial score (nSPS) is 9.00. The number of benzene rings is 1. The molecule has 0 aliphatic heterocycles. The maximum absolute atomic E-state index is 13.0. The maximum atomic E-state index is 13.0. The molecule has 1 rings (SSSR count). The van der Waals surface area contributed by atoms with Gasteiger partial charge in [0.15, 0.2) is 0 Å². The van der Waals surface area contributed by atoms with Crippen LogP contribution in [-0.4, -0.2) is 7.11 Å². The quantitative estimate of drug-likeness (QED) is 0.694. The van der Waals surface area contributed by atoms with Gasteiger partial charge in [0, 0.05) is 5.56 Å². The lowest BCUT2D eigenvalue weighted by Crippen LogP contribution is -1.93. The van der Waals surface area contributed by atoms with E-state index in [4.69, 9.17) is 10.00 Å². The van der Waals surface area contributed by atoms with E-state index < -0.39 is 5.82 Å². The molecule has 0 aliphatic rings. The fourth-order valence-corrected chi connectivity index (χ4v) is 1.07. The average molecular weight is 177 g/mol. The molecule has 13 heavy (non-hydrogen) atoms. The Bertz CT molecular complexity index is 379. The lowest BCUT2D eigenvalue weighted by molar-refractivity contribution is 0.412. The van der Waals surface area contributed by atoms with Crippen molar-refractivity contribution in [3.8, 4) is 11.8 Å². The highest BCUT2D eigenvalue weighted by molar-refractivity contribution is 5.63. The largest absolute Gasteiger partial charge is 0.496 e. The van der Waals surface area contributed by atoms with Gasteiger partial charge in [0.25, 0.3) is 0 Å². The summed E-state index contributed by atoms with van der Waals surface area (Å²) in [6.07, 6.45) is 1.40. The summed E-state index contributed by atoms with van der Waals surface area (Å²) in [5.74, 6) is -0.105. The van der Waals surface area contributed by atoms with Crippen LogP contribution >= 0.6 is 0 Å². The predicted octanol–water partition coefficient (Wildman–Crippen LogP) is 2.35. The molecule has 1 aromatic carbocycles. The summed E-state index contributed by atoms with van der Waals surface area (Å²) in [7, 11) is 1.46. The molecule has 0 aliphatic carbocycles. The summed E-state index contributed by atoms with van der Waals surface area (Å²) >= 11 is 0. The fourth-order valence-electron chi connectivity index (χ4n) is 1.07. The predicted molar refractivity (Wildman–Crippen MR) is 47.8 cm³/mol. The zero-order chi connectivity index (χ0) is 9.84. The van der Waals surface area contributed by atoms with Gasteiger partial charge >= 0.3 is 0 Å². The lowest BCUT2D eigenvalue weighted by atomic mass is 10.1. The van der Waals surface area contributed by atoms with Crippen molar-refractivity contribution in [2.24, 2.45) is 0 Å². The molecule has 0 atom stereocenters. The van der Waals surface area contributed by atoms with Gasteiger partial charge in [-0.25, -0.2) is 4.39 Å². The number of halogens is 1. The lowest BCUT2D eigenvalue weighted by Gasteiger charge is -2.06. The Morgan fingerprint density at radius 2 is 2.31 bits per heavy atom. The number of ether oxygens (including phenoxy) is 1. The smallest absolute Gasteiger partial charge is 0.141 e. The molecule has 0 unspecified atom stereocenters. The molecule has 0 aromatic heterocycles. The Balaban J connectivity index is 3.47. The van der Waals surface area contributed by atoms with Crippen LogP contribution in [0.15, 0.2) is 18.7 Å². The average Bonchev–Trinajstić information content (AvgIpc) is 2.17. The SMILES string of the molecule is C=Cc1c(OC)ccc(F)c1C#N. The number of hydrogen-bond donors (Lipinski definition) is 0. The second-order valence-electron chi connectivity index (χ2n) is 2.35. The van der Waals surface area contributed by atoms with Crippen molar-refractivity contribution in [1.29, 1.82) is 5.26 Å². The minimum Gasteiger partial charge on any atom is -0.496 e. The van der Waals surface area contributed by atoms with Crippen molar-refractivity contribution >= 4 is 6.08 Å². The summed E-state index contributed by atoms with van der Waals surface area (Å²) in [6.45, 7) is 3.49. The Morgan fingerprint density at radius 1 is 1.62 bits per heavy atom. The summed E-state index contributed by atoms with van der Waals surface area (Å²) < 4.78 is 18.0. The summed E-state index contributed by atoms with van der Waals surface area (Å²) in [5, 5.41) is 8.66. The van der Waals surface area contributed by atoms with Crippen molar-refractivity contribution in [1.82, 2.24) is 0 Å². The second-order valence-corrected chi connectivity index (χ2v) is 2.35. The third kappa shape index (κ3) is 1.52. The van der Waals surface area contributed by atoms with E-state index >= 15 is 0 Å². The standard InChI is InChI=1S/C10H8FNO/c1-3-7-8(6-12)9(11)4-5-10(7)13-2/h3-5H,1H2,2H3. The fraction of sp³-hybridized carbons (Fsp3) is 0.100. The van der Waals surface area contributed by atoms with Gasteiger partial charge in [-0.15, -0.1) is 0 Å². The van der Waals surface area contributed by atoms with Crippen LogP contribution in [0.5, 0.6) is 5.75 Å². The molecular formula is C10H8FNO. The van der Waals surface area contributed by atoms with Crippen LogP contribution in [-0.2, 0) is 0 Å². The first kappa shape index (κ1) is 9.27. The molecule has 0 radical (unpaired) electrons. The molecule has 0 fully saturated rings. The van der Waals surface area contributed by atoms with Gasteiger partial charge in [-0.2, -0.15) is 5.26 Å². The Labute approximate surface area is 75.9 Å². The van der Waals surface area contributed by atoms with E-state index in [0.717, 1.165) is 0 Å². The van der Waals surface area contributed by atoms with Crippen molar-refractivity contribution in [2.75, 3.05) is 7.11 Å². The van der Waals surface area contributed by atoms with Gasteiger partial charge in [-0.1, -0.05) is 12.7 Å². The number of methoxy groups -OCH3 is 1. The van der Waals surface area contributed by atoms with Gasteiger partial charge in [0.05, 0.1) is 12.7 Å². The van der Waals surface area contributed by atoms with Crippen LogP contribution in [0.4, 0.5) is 4.39 Å². The van der Waals surface area contributed by atoms with Gasteiger partial charge in [-0.05, 0) is 12.1 Å². The first-order valence-corrected chi connectivity index (χ1v) is 3.63. The summed E-state index contributed by atoms with van der Waals surface area (Å²) in [5.41, 5.74) is 0.361. The van der Waals surface area contributed by atoms with Crippen LogP contribution in [0.2, 0.25) is 0 Å². The van der Waals surface area contributed by atoms with Crippen LogP contribution in [0, 0.1) is 17.1 Å². The molecule has 0 saturated heterocycles. The van der Waals surface area contributed by atoms with Crippen molar-refractivity contribution in [2.45, 2.75) is 0 Å². The Kier molecular flexibility index (Phi) is 2.65. The zero-order valence-corrected chi connectivity index (χ0v) is 7.17. The van der Waals surface area contributed by atoms with Crippen LogP contribution in [0.3, 0.4) is 0 Å². The highest BCUT2D eigenvalue weighted by Crippen LogP contribution is 2.24. The zero-order valence-electron chi connectivity index (χ0n) is 7.17. The molecule has 0 saturated carbocycles. The minimum atomic E-state index is -0.557. The molecule has 0 bridgehead atoms. The van der Waals surface area contributed by atoms with Gasteiger partial charge < -0.3 is 4.74 Å². The number of hydrogen-bond acceptors (Lipinski definition) is 2. The van der Waals surface area contributed by atoms with E-state index in [1.807, 2.05) is 0 Å². The third-order valence-electron chi connectivity index (χ3n) is 1.69. The first-order valence-electron chi connectivity index (χ1n) is 3.63. The van der Waals surface area contributed by atoms with Crippen molar-refractivity contribution in [3.63, 3.8) is 0 Å². The molecule has 66 valence electrons. The van der Waals surface area contributed by atoms with Crippen LogP contribution in [0.25, 0.3) is 6.08 Å². The van der Waals surface area contributed by atoms with Crippen LogP contribution < -0.4 is 4.74 Å².